The lowest BCUT2D eigenvalue weighted by atomic mass is 10.1. The Labute approximate surface area is 198 Å². The molecule has 0 saturated carbocycles. The van der Waals surface area contributed by atoms with Crippen molar-refractivity contribution in [3.05, 3.63) is 36.7 Å². The largest absolute Gasteiger partial charge is 0.491 e. The second kappa shape index (κ2) is 17.3. The molecule has 33 heavy (non-hydrogen) atoms. The third-order valence-electron chi connectivity index (χ3n) is 5.59. The van der Waals surface area contributed by atoms with Crippen LogP contribution in [0.3, 0.4) is 0 Å². The Kier molecular flexibility index (Phi) is 14.1. The number of alkyl halides is 2. The molecule has 2 aromatic rings. The predicted molar refractivity (Wildman–Crippen MR) is 130 cm³/mol. The van der Waals surface area contributed by atoms with Crippen molar-refractivity contribution in [2.45, 2.75) is 90.1 Å². The van der Waals surface area contributed by atoms with Crippen molar-refractivity contribution in [3.8, 4) is 22.9 Å². The van der Waals surface area contributed by atoms with Crippen molar-refractivity contribution in [1.29, 1.82) is 0 Å². The molecule has 0 saturated heterocycles. The number of aromatic nitrogens is 2. The maximum absolute atomic E-state index is 13.9. The van der Waals surface area contributed by atoms with E-state index < -0.39 is 6.17 Å². The van der Waals surface area contributed by atoms with Crippen LogP contribution in [-0.4, -0.2) is 36.0 Å². The minimum absolute atomic E-state index is 0.0904. The van der Waals surface area contributed by atoms with E-state index in [1.54, 1.807) is 12.4 Å². The summed E-state index contributed by atoms with van der Waals surface area (Å²) < 4.78 is 37.3. The number of benzene rings is 1. The summed E-state index contributed by atoms with van der Waals surface area (Å²) in [6.07, 6.45) is 14.6. The van der Waals surface area contributed by atoms with Crippen molar-refractivity contribution < 1.29 is 18.3 Å². The quantitative estimate of drug-likeness (QED) is 0.199. The molecule has 0 amide bonds. The van der Waals surface area contributed by atoms with Gasteiger partial charge in [0.15, 0.2) is 11.6 Å². The van der Waals surface area contributed by atoms with Crippen LogP contribution in [0, 0.1) is 0 Å². The van der Waals surface area contributed by atoms with Crippen molar-refractivity contribution in [3.63, 3.8) is 0 Å². The van der Waals surface area contributed by atoms with E-state index in [0.29, 0.717) is 36.8 Å². The van der Waals surface area contributed by atoms with Crippen LogP contribution in [0.2, 0.25) is 0 Å². The zero-order valence-corrected chi connectivity index (χ0v) is 20.1. The molecular formula is C27H40F2N2O2. The molecular weight excluding hydrogens is 422 g/mol. The number of halogens is 2. The summed E-state index contributed by atoms with van der Waals surface area (Å²) in [6, 6.07) is 7.41. The van der Waals surface area contributed by atoms with Crippen LogP contribution in [0.25, 0.3) is 11.4 Å². The van der Waals surface area contributed by atoms with Gasteiger partial charge >= 0.3 is 0 Å². The highest BCUT2D eigenvalue weighted by atomic mass is 19.1. The van der Waals surface area contributed by atoms with Gasteiger partial charge in [0.05, 0.1) is 25.7 Å². The first-order chi connectivity index (χ1) is 16.2. The lowest BCUT2D eigenvalue weighted by molar-refractivity contribution is 0.184. The number of hydrogen-bond acceptors (Lipinski definition) is 4. The molecule has 0 aliphatic rings. The molecule has 0 fully saturated rings. The predicted octanol–water partition coefficient (Wildman–Crippen LogP) is 7.91. The minimum Gasteiger partial charge on any atom is -0.491 e. The molecule has 0 aliphatic carbocycles. The summed E-state index contributed by atoms with van der Waals surface area (Å²) in [5.41, 5.74) is 0.873. The molecule has 0 radical (unpaired) electrons. The van der Waals surface area contributed by atoms with Gasteiger partial charge in [-0.05, 0) is 43.5 Å². The normalized spacial score (nSPS) is 12.0. The summed E-state index contributed by atoms with van der Waals surface area (Å²) in [5.74, 6) is 1.92. The van der Waals surface area contributed by atoms with Gasteiger partial charge in [0, 0.05) is 5.56 Å². The summed E-state index contributed by atoms with van der Waals surface area (Å²) in [6.45, 7) is 2.69. The molecule has 6 heteroatoms. The Morgan fingerprint density at radius 1 is 0.758 bits per heavy atom. The molecule has 1 unspecified atom stereocenters. The molecule has 4 nitrogen and oxygen atoms in total. The first-order valence-corrected chi connectivity index (χ1v) is 12.6. The van der Waals surface area contributed by atoms with Gasteiger partial charge in [0.25, 0.3) is 0 Å². The molecule has 1 heterocycles. The van der Waals surface area contributed by atoms with Crippen LogP contribution in [0.15, 0.2) is 36.7 Å². The van der Waals surface area contributed by atoms with Crippen LogP contribution >= 0.6 is 0 Å². The molecule has 0 aliphatic heterocycles. The highest BCUT2D eigenvalue weighted by molar-refractivity contribution is 5.56. The Morgan fingerprint density at radius 3 is 2.06 bits per heavy atom. The Bertz CT molecular complexity index is 726. The van der Waals surface area contributed by atoms with Crippen LogP contribution < -0.4 is 9.47 Å². The molecule has 184 valence electrons. The summed E-state index contributed by atoms with van der Waals surface area (Å²) in [7, 11) is 0. The number of hydrogen-bond donors (Lipinski definition) is 0. The highest BCUT2D eigenvalue weighted by Gasteiger charge is 2.08. The van der Waals surface area contributed by atoms with Gasteiger partial charge in [-0.25, -0.2) is 14.4 Å². The van der Waals surface area contributed by atoms with Gasteiger partial charge < -0.3 is 9.47 Å². The van der Waals surface area contributed by atoms with Gasteiger partial charge in [-0.2, -0.15) is 0 Å². The van der Waals surface area contributed by atoms with Gasteiger partial charge in [-0.3, -0.25) is 4.39 Å². The van der Waals surface area contributed by atoms with Crippen molar-refractivity contribution in [1.82, 2.24) is 9.97 Å². The van der Waals surface area contributed by atoms with Gasteiger partial charge in [-0.15, -0.1) is 0 Å². The second-order valence-electron chi connectivity index (χ2n) is 8.54. The number of unbranched alkanes of at least 4 members (excludes halogenated alkanes) is 9. The summed E-state index contributed by atoms with van der Waals surface area (Å²) in [5, 5.41) is 0. The van der Waals surface area contributed by atoms with E-state index in [4.69, 9.17) is 9.47 Å². The lowest BCUT2D eigenvalue weighted by Gasteiger charge is -2.11. The van der Waals surface area contributed by atoms with Crippen molar-refractivity contribution >= 4 is 0 Å². The average Bonchev–Trinajstić information content (AvgIpc) is 2.85. The van der Waals surface area contributed by atoms with Gasteiger partial charge in [-0.1, -0.05) is 64.7 Å². The second-order valence-corrected chi connectivity index (χ2v) is 8.54. The standard InChI is InChI=1S/C27H40F2N2O2/c1-2-3-4-10-13-24(29)22-33-25-16-14-23(15-17-25)27-30-20-26(21-31-27)32-19-12-9-7-5-6-8-11-18-28/h14-17,20-21,24H,2-13,18-19,22H2,1H3. The third kappa shape index (κ3) is 12.0. The monoisotopic (exact) mass is 462 g/mol. The van der Waals surface area contributed by atoms with E-state index in [9.17, 15) is 8.78 Å². The van der Waals surface area contributed by atoms with E-state index in [1.807, 2.05) is 24.3 Å². The molecule has 1 atom stereocenters. The van der Waals surface area contributed by atoms with Crippen LogP contribution in [0.5, 0.6) is 11.5 Å². The van der Waals surface area contributed by atoms with Crippen LogP contribution in [0.1, 0.15) is 84.0 Å². The smallest absolute Gasteiger partial charge is 0.159 e. The zero-order valence-electron chi connectivity index (χ0n) is 20.1. The first kappa shape index (κ1) is 27.0. The average molecular weight is 463 g/mol. The Morgan fingerprint density at radius 2 is 1.39 bits per heavy atom. The number of ether oxygens (including phenoxy) is 2. The van der Waals surface area contributed by atoms with Crippen molar-refractivity contribution in [2.24, 2.45) is 0 Å². The summed E-state index contributed by atoms with van der Waals surface area (Å²) >= 11 is 0. The zero-order chi connectivity index (χ0) is 23.6. The third-order valence-corrected chi connectivity index (χ3v) is 5.59. The van der Waals surface area contributed by atoms with Crippen LogP contribution in [0.4, 0.5) is 8.78 Å². The van der Waals surface area contributed by atoms with E-state index in [1.165, 1.54) is 0 Å². The number of rotatable bonds is 19. The molecule has 0 bridgehead atoms. The molecule has 1 aromatic carbocycles. The van der Waals surface area contributed by atoms with Gasteiger partial charge in [0.1, 0.15) is 18.5 Å². The van der Waals surface area contributed by atoms with Crippen molar-refractivity contribution in [2.75, 3.05) is 19.9 Å². The van der Waals surface area contributed by atoms with E-state index in [-0.39, 0.29) is 13.3 Å². The first-order valence-electron chi connectivity index (χ1n) is 12.6. The van der Waals surface area contributed by atoms with E-state index in [2.05, 4.69) is 16.9 Å². The Balaban J connectivity index is 1.64. The fourth-order valence-corrected chi connectivity index (χ4v) is 3.57. The molecule has 1 aromatic heterocycles. The minimum atomic E-state index is -0.926. The highest BCUT2D eigenvalue weighted by Crippen LogP contribution is 2.21. The summed E-state index contributed by atoms with van der Waals surface area (Å²) in [4.78, 5) is 8.78. The maximum atomic E-state index is 13.9. The fourth-order valence-electron chi connectivity index (χ4n) is 3.57. The maximum Gasteiger partial charge on any atom is 0.159 e. The Hall–Kier alpha value is -2.24. The number of nitrogens with zero attached hydrogens (tertiary/aromatic N) is 2. The molecule has 2 rings (SSSR count). The van der Waals surface area contributed by atoms with E-state index in [0.717, 1.165) is 69.8 Å². The lowest BCUT2D eigenvalue weighted by Crippen LogP contribution is -2.12. The van der Waals surface area contributed by atoms with Crippen LogP contribution in [-0.2, 0) is 0 Å². The van der Waals surface area contributed by atoms with E-state index >= 15 is 0 Å². The SMILES string of the molecule is CCCCCCC(F)COc1ccc(-c2ncc(OCCCCCCCCCF)cn2)cc1. The fraction of sp³-hybridized carbons (Fsp3) is 0.630. The van der Waals surface area contributed by atoms with Gasteiger partial charge in [0.2, 0.25) is 0 Å². The molecule has 0 N–H and O–H groups in total. The topological polar surface area (TPSA) is 44.2 Å². The molecule has 0 spiro atoms.